The van der Waals surface area contributed by atoms with Crippen LogP contribution in [0.5, 0.6) is 0 Å². The molecule has 0 spiro atoms. The number of Topliss-reactive ketones (excluding diaryl/α,β-unsaturated/α-hetero) is 1. The van der Waals surface area contributed by atoms with Crippen LogP contribution < -0.4 is 0 Å². The summed E-state index contributed by atoms with van der Waals surface area (Å²) in [5.74, 6) is 1.78. The van der Waals surface area contributed by atoms with E-state index < -0.39 is 0 Å². The molecule has 0 aliphatic heterocycles. The van der Waals surface area contributed by atoms with Crippen LogP contribution in [0.1, 0.15) is 29.6 Å². The second-order valence-electron chi connectivity index (χ2n) is 4.80. The summed E-state index contributed by atoms with van der Waals surface area (Å²) in [4.78, 5) is 12.0. The van der Waals surface area contributed by atoms with Crippen molar-refractivity contribution >= 4 is 5.78 Å². The lowest BCUT2D eigenvalue weighted by Gasteiger charge is -2.09. The molecule has 15 heavy (non-hydrogen) atoms. The van der Waals surface area contributed by atoms with Crippen LogP contribution >= 0.6 is 0 Å². The molecule has 0 heterocycles. The number of ketones is 1. The van der Waals surface area contributed by atoms with Gasteiger partial charge in [-0.1, -0.05) is 0 Å². The van der Waals surface area contributed by atoms with Crippen LogP contribution in [-0.2, 0) is 0 Å². The van der Waals surface area contributed by atoms with Crippen LogP contribution in [-0.4, -0.2) is 5.78 Å². The number of benzene rings is 1. The van der Waals surface area contributed by atoms with Gasteiger partial charge in [0.2, 0.25) is 0 Å². The van der Waals surface area contributed by atoms with Gasteiger partial charge in [0, 0.05) is 11.5 Å². The van der Waals surface area contributed by atoms with Gasteiger partial charge in [0.05, 0.1) is 0 Å². The molecule has 2 aliphatic rings. The maximum absolute atomic E-state index is 12.7. The van der Waals surface area contributed by atoms with E-state index in [0.29, 0.717) is 5.56 Å². The van der Waals surface area contributed by atoms with Crippen molar-refractivity contribution < 1.29 is 9.18 Å². The van der Waals surface area contributed by atoms with E-state index in [1.807, 2.05) is 0 Å². The molecule has 2 aliphatic carbocycles. The first-order chi connectivity index (χ1) is 7.24. The Kier molecular flexibility index (Phi) is 1.91. The second kappa shape index (κ2) is 3.16. The van der Waals surface area contributed by atoms with Crippen molar-refractivity contribution in [2.24, 2.45) is 17.8 Å². The van der Waals surface area contributed by atoms with Gasteiger partial charge >= 0.3 is 0 Å². The Morgan fingerprint density at radius 1 is 1.07 bits per heavy atom. The lowest BCUT2D eigenvalue weighted by molar-refractivity contribution is 0.0914. The van der Waals surface area contributed by atoms with Crippen molar-refractivity contribution in [2.75, 3.05) is 0 Å². The van der Waals surface area contributed by atoms with Crippen LogP contribution in [0.15, 0.2) is 24.3 Å². The van der Waals surface area contributed by atoms with Gasteiger partial charge in [0.15, 0.2) is 5.78 Å². The fourth-order valence-electron chi connectivity index (χ4n) is 2.78. The minimum absolute atomic E-state index is 0.208. The first-order valence-electron chi connectivity index (χ1n) is 5.54. The Bertz CT molecular complexity index is 386. The van der Waals surface area contributed by atoms with Crippen molar-refractivity contribution in [3.63, 3.8) is 0 Å². The third kappa shape index (κ3) is 1.58. The molecular formula is C13H13FO. The third-order valence-corrected chi connectivity index (χ3v) is 3.74. The Labute approximate surface area is 88.3 Å². The minimum Gasteiger partial charge on any atom is -0.294 e. The van der Waals surface area contributed by atoms with Gasteiger partial charge in [-0.05, 0) is 55.4 Å². The molecule has 2 heteroatoms. The summed E-state index contributed by atoms with van der Waals surface area (Å²) in [6, 6.07) is 5.93. The molecule has 0 bridgehead atoms. The molecule has 0 radical (unpaired) electrons. The number of fused-ring (bicyclic) bond motifs is 1. The quantitative estimate of drug-likeness (QED) is 0.677. The standard InChI is InChI=1S/C13H13FO/c14-12-3-1-8(2-4-12)13(15)11-6-9-5-10(9)7-11/h1-4,9-11H,5-7H2. The number of rotatable bonds is 2. The van der Waals surface area contributed by atoms with Crippen LogP contribution in [0.2, 0.25) is 0 Å². The molecule has 1 nitrogen and oxygen atoms in total. The fraction of sp³-hybridized carbons (Fsp3) is 0.462. The summed E-state index contributed by atoms with van der Waals surface area (Å²) in [6.07, 6.45) is 3.44. The van der Waals surface area contributed by atoms with E-state index in [0.717, 1.165) is 24.7 Å². The molecule has 3 rings (SSSR count). The van der Waals surface area contributed by atoms with Crippen LogP contribution in [0, 0.1) is 23.6 Å². The highest BCUT2D eigenvalue weighted by Crippen LogP contribution is 2.54. The first-order valence-corrected chi connectivity index (χ1v) is 5.54. The molecule has 1 aromatic carbocycles. The summed E-state index contributed by atoms with van der Waals surface area (Å²) in [7, 11) is 0. The molecule has 78 valence electrons. The summed E-state index contributed by atoms with van der Waals surface area (Å²) < 4.78 is 12.7. The molecule has 0 amide bonds. The maximum Gasteiger partial charge on any atom is 0.165 e. The van der Waals surface area contributed by atoms with Crippen molar-refractivity contribution in [3.8, 4) is 0 Å². The van der Waals surface area contributed by atoms with Gasteiger partial charge in [0.1, 0.15) is 5.82 Å². The van der Waals surface area contributed by atoms with Gasteiger partial charge in [-0.15, -0.1) is 0 Å². The van der Waals surface area contributed by atoms with Crippen molar-refractivity contribution in [3.05, 3.63) is 35.6 Å². The molecule has 2 unspecified atom stereocenters. The van der Waals surface area contributed by atoms with E-state index >= 15 is 0 Å². The van der Waals surface area contributed by atoms with Crippen LogP contribution in [0.25, 0.3) is 0 Å². The highest BCUT2D eigenvalue weighted by Gasteiger charge is 2.47. The summed E-state index contributed by atoms with van der Waals surface area (Å²) in [5, 5.41) is 0. The van der Waals surface area contributed by atoms with E-state index in [4.69, 9.17) is 0 Å². The fourth-order valence-corrected chi connectivity index (χ4v) is 2.78. The van der Waals surface area contributed by atoms with Gasteiger partial charge in [-0.3, -0.25) is 4.79 Å². The second-order valence-corrected chi connectivity index (χ2v) is 4.80. The zero-order valence-electron chi connectivity index (χ0n) is 8.45. The highest BCUT2D eigenvalue weighted by molar-refractivity contribution is 5.98. The lowest BCUT2D eigenvalue weighted by Crippen LogP contribution is -2.12. The highest BCUT2D eigenvalue weighted by atomic mass is 19.1. The maximum atomic E-state index is 12.7. The molecule has 0 aromatic heterocycles. The largest absolute Gasteiger partial charge is 0.294 e. The molecule has 1 aromatic rings. The monoisotopic (exact) mass is 204 g/mol. The van der Waals surface area contributed by atoms with E-state index in [9.17, 15) is 9.18 Å². The Morgan fingerprint density at radius 2 is 1.67 bits per heavy atom. The van der Waals surface area contributed by atoms with E-state index in [1.54, 1.807) is 12.1 Å². The predicted octanol–water partition coefficient (Wildman–Crippen LogP) is 3.05. The Balaban J connectivity index is 1.76. The molecular weight excluding hydrogens is 191 g/mol. The normalized spacial score (nSPS) is 32.5. The van der Waals surface area contributed by atoms with Gasteiger partial charge in [-0.25, -0.2) is 4.39 Å². The third-order valence-electron chi connectivity index (χ3n) is 3.74. The van der Waals surface area contributed by atoms with Crippen LogP contribution in [0.3, 0.4) is 0 Å². The summed E-state index contributed by atoms with van der Waals surface area (Å²) in [5.41, 5.74) is 0.669. The summed E-state index contributed by atoms with van der Waals surface area (Å²) >= 11 is 0. The van der Waals surface area contributed by atoms with Crippen molar-refractivity contribution in [1.29, 1.82) is 0 Å². The Hall–Kier alpha value is -1.18. The molecule has 2 atom stereocenters. The number of hydrogen-bond donors (Lipinski definition) is 0. The topological polar surface area (TPSA) is 17.1 Å². The lowest BCUT2D eigenvalue weighted by atomic mass is 9.93. The van der Waals surface area contributed by atoms with Gasteiger partial charge in [-0.2, -0.15) is 0 Å². The average molecular weight is 204 g/mol. The first kappa shape index (κ1) is 9.08. The van der Waals surface area contributed by atoms with Gasteiger partial charge in [0.25, 0.3) is 0 Å². The predicted molar refractivity (Wildman–Crippen MR) is 55.1 cm³/mol. The number of hydrogen-bond acceptors (Lipinski definition) is 1. The number of halogens is 1. The zero-order valence-corrected chi connectivity index (χ0v) is 8.45. The van der Waals surface area contributed by atoms with E-state index in [1.165, 1.54) is 18.6 Å². The SMILES string of the molecule is O=C(c1ccc(F)cc1)C1CC2CC2C1. The number of carbonyl (C=O) groups excluding carboxylic acids is 1. The summed E-state index contributed by atoms with van der Waals surface area (Å²) in [6.45, 7) is 0. The van der Waals surface area contributed by atoms with Crippen molar-refractivity contribution in [1.82, 2.24) is 0 Å². The Morgan fingerprint density at radius 3 is 2.27 bits per heavy atom. The average Bonchev–Trinajstić information content (AvgIpc) is 2.86. The van der Waals surface area contributed by atoms with Crippen LogP contribution in [0.4, 0.5) is 4.39 Å². The smallest absolute Gasteiger partial charge is 0.165 e. The molecule has 2 saturated carbocycles. The van der Waals surface area contributed by atoms with Gasteiger partial charge < -0.3 is 0 Å². The van der Waals surface area contributed by atoms with Crippen molar-refractivity contribution in [2.45, 2.75) is 19.3 Å². The molecule has 2 fully saturated rings. The molecule has 0 saturated heterocycles. The number of carbonyl (C=O) groups is 1. The molecule has 0 N–H and O–H groups in total. The van der Waals surface area contributed by atoms with E-state index in [2.05, 4.69) is 0 Å². The zero-order chi connectivity index (χ0) is 10.4. The minimum atomic E-state index is -0.277. The van der Waals surface area contributed by atoms with E-state index in [-0.39, 0.29) is 17.5 Å².